The molecule has 2 aromatic carbocycles. The molecule has 9 nitrogen and oxygen atoms in total. The Hall–Kier alpha value is -4.53. The lowest BCUT2D eigenvalue weighted by Crippen LogP contribution is -2.45. The van der Waals surface area contributed by atoms with Gasteiger partial charge >= 0.3 is 17.9 Å². The van der Waals surface area contributed by atoms with Gasteiger partial charge in [-0.3, -0.25) is 4.79 Å². The van der Waals surface area contributed by atoms with E-state index in [0.717, 1.165) is 11.8 Å². The van der Waals surface area contributed by atoms with Gasteiger partial charge in [-0.25, -0.2) is 9.59 Å². The van der Waals surface area contributed by atoms with Gasteiger partial charge in [-0.2, -0.15) is 0 Å². The van der Waals surface area contributed by atoms with Gasteiger partial charge in [0.1, 0.15) is 5.75 Å². The monoisotopic (exact) mass is 476 g/mol. The Bertz CT molecular complexity index is 1320. The van der Waals surface area contributed by atoms with E-state index >= 15 is 0 Å². The van der Waals surface area contributed by atoms with Gasteiger partial charge in [-0.1, -0.05) is 24.3 Å². The molecule has 6 rings (SSSR count). The van der Waals surface area contributed by atoms with Gasteiger partial charge in [-0.15, -0.1) is 0 Å². The summed E-state index contributed by atoms with van der Waals surface area (Å²) in [4.78, 5) is 37.8. The van der Waals surface area contributed by atoms with Crippen LogP contribution in [-0.2, 0) is 41.4 Å². The summed E-state index contributed by atoms with van der Waals surface area (Å²) in [6.07, 6.45) is 3.98. The number of phenols is 1. The largest absolute Gasteiger partial charge is 0.504 e. The Labute approximate surface area is 199 Å². The number of phenolic OH excluding ortho intramolecular Hbond substituents is 1. The van der Waals surface area contributed by atoms with E-state index in [1.165, 1.54) is 18.2 Å². The van der Waals surface area contributed by atoms with Crippen LogP contribution in [0.15, 0.2) is 77.8 Å². The van der Waals surface area contributed by atoms with Gasteiger partial charge in [0.25, 0.3) is 0 Å². The highest BCUT2D eigenvalue weighted by Gasteiger charge is 2.56. The van der Waals surface area contributed by atoms with E-state index in [0.29, 0.717) is 17.7 Å². The lowest BCUT2D eigenvalue weighted by atomic mass is 9.82. The zero-order valence-electron chi connectivity index (χ0n) is 18.4. The third kappa shape index (κ3) is 4.12. The number of aliphatic hydroxyl groups is 1. The minimum Gasteiger partial charge on any atom is -0.504 e. The van der Waals surface area contributed by atoms with Gasteiger partial charge in [0.05, 0.1) is 24.9 Å². The van der Waals surface area contributed by atoms with Crippen molar-refractivity contribution in [1.29, 1.82) is 0 Å². The molecule has 0 amide bonds. The van der Waals surface area contributed by atoms with Crippen molar-refractivity contribution >= 4 is 17.9 Å². The lowest BCUT2D eigenvalue weighted by Gasteiger charge is -2.29. The second kappa shape index (κ2) is 8.68. The number of fused-ring (bicyclic) bond motifs is 5. The number of hydrogen-bond donors (Lipinski definition) is 2. The average molecular weight is 476 g/mol. The molecule has 2 aromatic rings. The molecule has 178 valence electrons. The number of ether oxygens (including phenoxy) is 4. The summed E-state index contributed by atoms with van der Waals surface area (Å²) in [6.45, 7) is -0.0650. The van der Waals surface area contributed by atoms with E-state index in [9.17, 15) is 24.6 Å². The Morgan fingerprint density at radius 3 is 2.51 bits per heavy atom. The molecule has 35 heavy (non-hydrogen) atoms. The van der Waals surface area contributed by atoms with Crippen LogP contribution in [0.4, 0.5) is 0 Å². The van der Waals surface area contributed by atoms with Gasteiger partial charge < -0.3 is 29.2 Å². The van der Waals surface area contributed by atoms with Crippen LogP contribution in [0.5, 0.6) is 17.2 Å². The summed E-state index contributed by atoms with van der Waals surface area (Å²) in [7, 11) is 0. The maximum atomic E-state index is 13.5. The third-order valence-electron chi connectivity index (χ3n) is 5.91. The summed E-state index contributed by atoms with van der Waals surface area (Å²) < 4.78 is 21.8. The maximum absolute atomic E-state index is 13.5. The van der Waals surface area contributed by atoms with Crippen molar-refractivity contribution < 1.29 is 43.5 Å². The van der Waals surface area contributed by atoms with E-state index in [4.69, 9.17) is 18.9 Å². The van der Waals surface area contributed by atoms with Crippen molar-refractivity contribution in [3.63, 3.8) is 0 Å². The zero-order chi connectivity index (χ0) is 24.6. The van der Waals surface area contributed by atoms with Crippen LogP contribution in [0.1, 0.15) is 17.5 Å². The molecule has 0 fully saturated rings. The Kier molecular flexibility index (Phi) is 5.52. The van der Waals surface area contributed by atoms with Crippen molar-refractivity contribution in [2.75, 3.05) is 6.61 Å². The van der Waals surface area contributed by atoms with E-state index in [2.05, 4.69) is 0 Å². The van der Waals surface area contributed by atoms with Crippen LogP contribution in [0.2, 0.25) is 0 Å². The Balaban J connectivity index is 1.60. The molecule has 0 aliphatic carbocycles. The molecular formula is C26H20O9. The molecule has 4 heterocycles. The van der Waals surface area contributed by atoms with Crippen LogP contribution in [-0.4, -0.2) is 40.3 Å². The van der Waals surface area contributed by atoms with Crippen LogP contribution in [0.3, 0.4) is 0 Å². The van der Waals surface area contributed by atoms with E-state index < -0.39 is 29.3 Å². The van der Waals surface area contributed by atoms with Crippen LogP contribution in [0, 0.1) is 0 Å². The molecule has 4 aliphatic rings. The van der Waals surface area contributed by atoms with Crippen LogP contribution in [0.25, 0.3) is 0 Å². The topological polar surface area (TPSA) is 129 Å². The number of carbonyl (C=O) groups excluding carboxylic acids is 3. The number of cyclic esters (lactones) is 1. The fraction of sp³-hybridized carbons (Fsp3) is 0.192. The Morgan fingerprint density at radius 1 is 0.943 bits per heavy atom. The van der Waals surface area contributed by atoms with Crippen LogP contribution < -0.4 is 4.74 Å². The first-order valence-corrected chi connectivity index (χ1v) is 10.9. The molecule has 0 aromatic heterocycles. The number of benzene rings is 2. The minimum atomic E-state index is -1.99. The maximum Gasteiger partial charge on any atom is 0.375 e. The molecule has 4 aliphatic heterocycles. The second-order valence-corrected chi connectivity index (χ2v) is 8.21. The number of rotatable bonds is 1. The van der Waals surface area contributed by atoms with Crippen molar-refractivity contribution in [3.05, 3.63) is 88.9 Å². The molecule has 9 heteroatoms. The minimum absolute atomic E-state index is 0.0313. The first-order chi connectivity index (χ1) is 16.9. The van der Waals surface area contributed by atoms with E-state index in [1.54, 1.807) is 36.4 Å². The molecule has 0 saturated carbocycles. The second-order valence-electron chi connectivity index (χ2n) is 8.21. The summed E-state index contributed by atoms with van der Waals surface area (Å²) in [5.74, 6) is -2.54. The molecule has 4 bridgehead atoms. The molecule has 1 unspecified atom stereocenters. The quantitative estimate of drug-likeness (QED) is 0.470. The molecule has 1 atom stereocenters. The fourth-order valence-electron chi connectivity index (χ4n) is 4.20. The SMILES string of the molecule is O=C1CC=C(C2=C(O)C(=O)OC23Cc2ccc(cc2)Oc2cc(ccc2O)CCOC3=O)C=CO1. The number of hydrogen-bond acceptors (Lipinski definition) is 9. The number of carbonyl (C=O) groups is 3. The van der Waals surface area contributed by atoms with Crippen LogP contribution >= 0.6 is 0 Å². The highest BCUT2D eigenvalue weighted by atomic mass is 16.6. The lowest BCUT2D eigenvalue weighted by molar-refractivity contribution is -0.172. The van der Waals surface area contributed by atoms with Crippen molar-refractivity contribution in [2.45, 2.75) is 24.9 Å². The zero-order valence-corrected chi connectivity index (χ0v) is 18.4. The molecule has 1 spiro atoms. The molecule has 0 radical (unpaired) electrons. The standard InChI is InChI=1S/C26H20O9/c27-19-7-3-15-9-11-33-25(31)26(14-16-1-5-18(6-2-16)34-20(19)13-15)22(23(29)24(30)35-26)17-4-8-21(28)32-12-10-17/h1-7,10,12-13,27,29H,8-9,11,14H2. The number of aromatic hydroxyl groups is 1. The van der Waals surface area contributed by atoms with Gasteiger partial charge in [0.2, 0.25) is 11.4 Å². The highest BCUT2D eigenvalue weighted by molar-refractivity contribution is 6.01. The predicted molar refractivity (Wildman–Crippen MR) is 119 cm³/mol. The number of esters is 3. The van der Waals surface area contributed by atoms with E-state index in [-0.39, 0.29) is 42.1 Å². The van der Waals surface area contributed by atoms with Crippen molar-refractivity contribution in [1.82, 2.24) is 0 Å². The fourth-order valence-corrected chi connectivity index (χ4v) is 4.20. The Morgan fingerprint density at radius 2 is 1.71 bits per heavy atom. The van der Waals surface area contributed by atoms with Crippen molar-refractivity contribution in [2.24, 2.45) is 0 Å². The summed E-state index contributed by atoms with van der Waals surface area (Å²) in [5.41, 5.74) is -0.533. The smallest absolute Gasteiger partial charge is 0.375 e. The average Bonchev–Trinajstić information content (AvgIpc) is 2.96. The first-order valence-electron chi connectivity index (χ1n) is 10.9. The van der Waals surface area contributed by atoms with Crippen molar-refractivity contribution in [3.8, 4) is 17.2 Å². The van der Waals surface area contributed by atoms with Gasteiger partial charge in [0.15, 0.2) is 11.5 Å². The summed E-state index contributed by atoms with van der Waals surface area (Å²) >= 11 is 0. The number of aliphatic hydroxyl groups excluding tert-OH is 1. The predicted octanol–water partition coefficient (Wildman–Crippen LogP) is 3.32. The summed E-state index contributed by atoms with van der Waals surface area (Å²) in [5, 5.41) is 20.8. The summed E-state index contributed by atoms with van der Waals surface area (Å²) in [6, 6.07) is 11.4. The first kappa shape index (κ1) is 22.3. The van der Waals surface area contributed by atoms with Gasteiger partial charge in [0, 0.05) is 12.8 Å². The molecule has 0 saturated heterocycles. The third-order valence-corrected chi connectivity index (χ3v) is 5.91. The number of allylic oxidation sites excluding steroid dienone is 1. The normalized spacial score (nSPS) is 22.1. The molecule has 2 N–H and O–H groups in total. The van der Waals surface area contributed by atoms with E-state index in [1.807, 2.05) is 0 Å². The van der Waals surface area contributed by atoms with Gasteiger partial charge in [-0.05, 0) is 47.0 Å². The highest BCUT2D eigenvalue weighted by Crippen LogP contribution is 2.42. The molecular weight excluding hydrogens is 456 g/mol.